The van der Waals surface area contributed by atoms with Crippen molar-refractivity contribution in [1.29, 1.82) is 0 Å². The van der Waals surface area contributed by atoms with E-state index in [1.807, 2.05) is 0 Å². The number of hydrogen-bond acceptors (Lipinski definition) is 0. The van der Waals surface area contributed by atoms with E-state index in [1.54, 1.807) is 0 Å². The number of rotatable bonds is 13. The first kappa shape index (κ1) is 31.3. The number of unbranched alkanes of at least 4 members (excludes halogenated alkanes) is 6. The Labute approximate surface area is 281 Å². The summed E-state index contributed by atoms with van der Waals surface area (Å²) in [5, 5.41) is 5.31. The van der Waals surface area contributed by atoms with E-state index in [9.17, 15) is 0 Å². The smallest absolute Gasteiger partial charge is 0.0562 e. The zero-order valence-electron chi connectivity index (χ0n) is 28.9. The highest BCUT2D eigenvalue weighted by Gasteiger charge is 2.19. The van der Waals surface area contributed by atoms with Crippen LogP contribution in [0.2, 0.25) is 0 Å². The van der Waals surface area contributed by atoms with Gasteiger partial charge in [0.25, 0.3) is 0 Å². The fourth-order valence-electron chi connectivity index (χ4n) is 7.60. The molecule has 0 aliphatic heterocycles. The molecule has 0 bridgehead atoms. The van der Waals surface area contributed by atoms with Gasteiger partial charge >= 0.3 is 0 Å². The highest BCUT2D eigenvalue weighted by molar-refractivity contribution is 6.19. The molecule has 7 rings (SSSR count). The fourth-order valence-corrected chi connectivity index (χ4v) is 7.60. The SMILES string of the molecule is CCCCCCc1ccc(-n2c3ccc(C)cc3c3cc4c5cc(CC)ccc5n(-c5ccc(CCCCCC)cc5)c4cc32)cc1. The quantitative estimate of drug-likeness (QED) is 0.114. The number of fused-ring (bicyclic) bond motifs is 6. The molecule has 0 radical (unpaired) electrons. The van der Waals surface area contributed by atoms with Crippen LogP contribution < -0.4 is 0 Å². The summed E-state index contributed by atoms with van der Waals surface area (Å²) in [6, 6.07) is 37.7. The van der Waals surface area contributed by atoms with Crippen LogP contribution in [0, 0.1) is 6.92 Å². The van der Waals surface area contributed by atoms with E-state index >= 15 is 0 Å². The van der Waals surface area contributed by atoms with Gasteiger partial charge in [0.05, 0.1) is 22.1 Å². The van der Waals surface area contributed by atoms with Gasteiger partial charge in [-0.05, 0) is 116 Å². The summed E-state index contributed by atoms with van der Waals surface area (Å²) in [6.07, 6.45) is 13.7. The first-order valence-electron chi connectivity index (χ1n) is 18.3. The lowest BCUT2D eigenvalue weighted by Gasteiger charge is -2.11. The third-order valence-electron chi connectivity index (χ3n) is 10.3. The average molecular weight is 619 g/mol. The number of benzene rings is 5. The third-order valence-corrected chi connectivity index (χ3v) is 10.3. The maximum atomic E-state index is 2.50. The van der Waals surface area contributed by atoms with Crippen LogP contribution in [0.15, 0.2) is 97.1 Å². The van der Waals surface area contributed by atoms with Crippen molar-refractivity contribution in [2.24, 2.45) is 0 Å². The first-order valence-corrected chi connectivity index (χ1v) is 18.3. The van der Waals surface area contributed by atoms with Gasteiger partial charge in [-0.2, -0.15) is 0 Å². The summed E-state index contributed by atoms with van der Waals surface area (Å²) in [7, 11) is 0. The number of aryl methyl sites for hydroxylation is 4. The summed E-state index contributed by atoms with van der Waals surface area (Å²) in [6.45, 7) is 9.03. The van der Waals surface area contributed by atoms with Crippen molar-refractivity contribution in [2.45, 2.75) is 98.3 Å². The number of nitrogens with zero attached hydrogens (tertiary/aromatic N) is 2. The van der Waals surface area contributed by atoms with Crippen molar-refractivity contribution >= 4 is 43.6 Å². The van der Waals surface area contributed by atoms with Crippen LogP contribution in [-0.4, -0.2) is 9.13 Å². The molecule has 5 aromatic carbocycles. The molecular formula is C45H50N2. The van der Waals surface area contributed by atoms with Crippen molar-refractivity contribution in [3.8, 4) is 11.4 Å². The Bertz CT molecular complexity index is 2140. The number of hydrogen-bond donors (Lipinski definition) is 0. The van der Waals surface area contributed by atoms with Gasteiger partial charge < -0.3 is 9.13 Å². The maximum absolute atomic E-state index is 2.50. The predicted molar refractivity (Wildman–Crippen MR) is 205 cm³/mol. The van der Waals surface area contributed by atoms with Crippen LogP contribution in [0.5, 0.6) is 0 Å². The van der Waals surface area contributed by atoms with Crippen molar-refractivity contribution in [2.75, 3.05) is 0 Å². The molecule has 0 aliphatic rings. The molecule has 0 unspecified atom stereocenters. The summed E-state index contributed by atoms with van der Waals surface area (Å²) < 4.78 is 4.99. The van der Waals surface area contributed by atoms with Crippen molar-refractivity contribution in [3.05, 3.63) is 119 Å². The Kier molecular flexibility index (Phi) is 9.21. The second kappa shape index (κ2) is 13.8. The minimum Gasteiger partial charge on any atom is -0.309 e. The molecule has 0 spiro atoms. The van der Waals surface area contributed by atoms with Gasteiger partial charge in [0.2, 0.25) is 0 Å². The van der Waals surface area contributed by atoms with Gasteiger partial charge in [-0.15, -0.1) is 0 Å². The first-order chi connectivity index (χ1) is 23.1. The van der Waals surface area contributed by atoms with Crippen LogP contribution in [0.4, 0.5) is 0 Å². The van der Waals surface area contributed by atoms with Crippen molar-refractivity contribution < 1.29 is 0 Å². The zero-order valence-corrected chi connectivity index (χ0v) is 28.9. The molecule has 0 atom stereocenters. The standard InChI is InChI=1S/C45H50N2/c1-5-8-10-12-14-34-17-22-36(23-18-34)46-42-26-16-32(4)28-38(42)40-30-41-39-29-33(7-3)21-27-43(39)47(45(41)31-44(40)46)37-24-19-35(20-25-37)15-13-11-9-6-2/h16-31H,5-15H2,1-4H3. The third kappa shape index (κ3) is 6.11. The van der Waals surface area contributed by atoms with Gasteiger partial charge in [-0.25, -0.2) is 0 Å². The normalized spacial score (nSPS) is 11.9. The van der Waals surface area contributed by atoms with Gasteiger partial charge in [0.1, 0.15) is 0 Å². The lowest BCUT2D eigenvalue weighted by Crippen LogP contribution is -1.97. The maximum Gasteiger partial charge on any atom is 0.0562 e. The average Bonchev–Trinajstić information content (AvgIpc) is 3.59. The predicted octanol–water partition coefficient (Wildman–Crippen LogP) is 13.0. The second-order valence-electron chi connectivity index (χ2n) is 13.7. The molecule has 0 N–H and O–H groups in total. The van der Waals surface area contributed by atoms with Crippen LogP contribution in [0.1, 0.15) is 94.4 Å². The molecule has 7 aromatic rings. The van der Waals surface area contributed by atoms with Crippen LogP contribution in [0.25, 0.3) is 55.0 Å². The van der Waals surface area contributed by atoms with Crippen molar-refractivity contribution in [1.82, 2.24) is 9.13 Å². The molecular weight excluding hydrogens is 569 g/mol. The van der Waals surface area contributed by atoms with Gasteiger partial charge in [0.15, 0.2) is 0 Å². The minimum absolute atomic E-state index is 1.03. The molecule has 2 heterocycles. The van der Waals surface area contributed by atoms with E-state index in [4.69, 9.17) is 0 Å². The Morgan fingerprint density at radius 2 is 0.872 bits per heavy atom. The molecule has 0 amide bonds. The summed E-state index contributed by atoms with van der Waals surface area (Å²) in [5.41, 5.74) is 13.1. The second-order valence-corrected chi connectivity index (χ2v) is 13.7. The van der Waals surface area contributed by atoms with Crippen molar-refractivity contribution in [3.63, 3.8) is 0 Å². The van der Waals surface area contributed by atoms with E-state index in [0.29, 0.717) is 0 Å². The molecule has 0 fully saturated rings. The molecule has 2 heteroatoms. The molecule has 0 saturated heterocycles. The molecule has 47 heavy (non-hydrogen) atoms. The lowest BCUT2D eigenvalue weighted by molar-refractivity contribution is 0.667. The van der Waals surface area contributed by atoms with E-state index in [0.717, 1.165) is 19.3 Å². The van der Waals surface area contributed by atoms with Crippen LogP contribution >= 0.6 is 0 Å². The summed E-state index contributed by atoms with van der Waals surface area (Å²) in [5.74, 6) is 0. The van der Waals surface area contributed by atoms with E-state index < -0.39 is 0 Å². The Hall–Kier alpha value is -4.30. The lowest BCUT2D eigenvalue weighted by atomic mass is 10.0. The van der Waals surface area contributed by atoms with Gasteiger partial charge in [-0.1, -0.05) is 101 Å². The molecule has 2 aromatic heterocycles. The largest absolute Gasteiger partial charge is 0.309 e. The summed E-state index contributed by atoms with van der Waals surface area (Å²) in [4.78, 5) is 0. The number of aromatic nitrogens is 2. The van der Waals surface area contributed by atoms with Gasteiger partial charge in [0, 0.05) is 32.9 Å². The zero-order chi connectivity index (χ0) is 32.3. The highest BCUT2D eigenvalue weighted by Crippen LogP contribution is 2.40. The fraction of sp³-hybridized carbons (Fsp3) is 0.333. The summed E-state index contributed by atoms with van der Waals surface area (Å²) >= 11 is 0. The van der Waals surface area contributed by atoms with E-state index in [1.165, 1.54) is 129 Å². The van der Waals surface area contributed by atoms with Crippen LogP contribution in [-0.2, 0) is 19.3 Å². The van der Waals surface area contributed by atoms with Gasteiger partial charge in [-0.3, -0.25) is 0 Å². The molecule has 2 nitrogen and oxygen atoms in total. The monoisotopic (exact) mass is 618 g/mol. The minimum atomic E-state index is 1.03. The topological polar surface area (TPSA) is 9.86 Å². The Morgan fingerprint density at radius 1 is 0.404 bits per heavy atom. The van der Waals surface area contributed by atoms with E-state index in [2.05, 4.69) is 134 Å². The molecule has 0 saturated carbocycles. The van der Waals surface area contributed by atoms with E-state index in [-0.39, 0.29) is 0 Å². The highest BCUT2D eigenvalue weighted by atomic mass is 15.0. The Morgan fingerprint density at radius 3 is 1.38 bits per heavy atom. The molecule has 240 valence electrons. The molecule has 0 aliphatic carbocycles. The Balaban J connectivity index is 1.40. The van der Waals surface area contributed by atoms with Crippen LogP contribution in [0.3, 0.4) is 0 Å².